The normalized spacial score (nSPS) is 9.57. The van der Waals surface area contributed by atoms with Crippen molar-refractivity contribution in [1.29, 1.82) is 5.41 Å². The molecule has 0 aromatic carbocycles. The lowest BCUT2D eigenvalue weighted by molar-refractivity contribution is 1.20. The van der Waals surface area contributed by atoms with E-state index in [9.17, 15) is 0 Å². The van der Waals surface area contributed by atoms with Crippen molar-refractivity contribution in [2.45, 2.75) is 10.2 Å². The molecule has 2 nitrogen and oxygen atoms in total. The molecule has 0 spiro atoms. The Labute approximate surface area is 59.2 Å². The third kappa shape index (κ3) is 6.43. The van der Waals surface area contributed by atoms with Crippen molar-refractivity contribution in [1.82, 2.24) is 0 Å². The van der Waals surface area contributed by atoms with Crippen molar-refractivity contribution in [2.75, 3.05) is 0 Å². The number of hydrogen-bond donors (Lipinski definition) is 2. The number of halogens is 2. The average Bonchev–Trinajstić information content (AvgIpc) is 1.27. The van der Waals surface area contributed by atoms with Gasteiger partial charge in [-0.3, -0.25) is 5.41 Å². The molecule has 0 aliphatic carbocycles. The Morgan fingerprint density at radius 3 is 2.14 bits per heavy atom. The monoisotopic (exact) mass is 228 g/mol. The minimum absolute atomic E-state index is 0.150. The minimum atomic E-state index is 0.150. The van der Waals surface area contributed by atoms with Crippen LogP contribution in [-0.4, -0.2) is 9.57 Å². The highest BCUT2D eigenvalue weighted by molar-refractivity contribution is 9.24. The van der Waals surface area contributed by atoms with Crippen LogP contribution < -0.4 is 5.73 Å². The Bertz CT molecular complexity index is 71.3. The molecular weight excluding hydrogens is 224 g/mol. The van der Waals surface area contributed by atoms with Gasteiger partial charge in [-0.25, -0.2) is 0 Å². The van der Waals surface area contributed by atoms with Crippen LogP contribution in [0.15, 0.2) is 0 Å². The van der Waals surface area contributed by atoms with Gasteiger partial charge in [0, 0.05) is 6.42 Å². The van der Waals surface area contributed by atoms with Crippen LogP contribution in [0.3, 0.4) is 0 Å². The van der Waals surface area contributed by atoms with Gasteiger partial charge in [0.2, 0.25) is 0 Å². The molecule has 0 atom stereocenters. The molecule has 0 radical (unpaired) electrons. The van der Waals surface area contributed by atoms with E-state index < -0.39 is 0 Å². The summed E-state index contributed by atoms with van der Waals surface area (Å²) < 4.78 is 0.150. The van der Waals surface area contributed by atoms with Gasteiger partial charge < -0.3 is 5.73 Å². The summed E-state index contributed by atoms with van der Waals surface area (Å²) in [5.74, 6) is 0.193. The van der Waals surface area contributed by atoms with E-state index in [4.69, 9.17) is 11.1 Å². The smallest absolute Gasteiger partial charge is 0.0925 e. The molecule has 0 fully saturated rings. The number of nitrogens with one attached hydrogen (secondary N) is 1. The quantitative estimate of drug-likeness (QED) is 0.420. The fraction of sp³-hybridized carbons (Fsp3) is 0.667. The molecule has 0 saturated carbocycles. The molecule has 0 aromatic heterocycles. The van der Waals surface area contributed by atoms with E-state index in [1.54, 1.807) is 0 Å². The summed E-state index contributed by atoms with van der Waals surface area (Å²) in [5.41, 5.74) is 5.02. The molecule has 42 valence electrons. The van der Waals surface area contributed by atoms with Crippen LogP contribution in [0.4, 0.5) is 0 Å². The van der Waals surface area contributed by atoms with Gasteiger partial charge in [-0.2, -0.15) is 0 Å². The molecule has 0 aliphatic rings. The Balaban J connectivity index is 3.13. The molecule has 3 N–H and O–H groups in total. The first-order valence-electron chi connectivity index (χ1n) is 1.74. The highest BCUT2D eigenvalue weighted by Gasteiger charge is 1.96. The van der Waals surface area contributed by atoms with Gasteiger partial charge in [0.05, 0.1) is 9.57 Å². The van der Waals surface area contributed by atoms with Crippen molar-refractivity contribution < 1.29 is 0 Å². The Morgan fingerprint density at radius 2 is 2.14 bits per heavy atom. The van der Waals surface area contributed by atoms with E-state index in [2.05, 4.69) is 31.9 Å². The van der Waals surface area contributed by atoms with Crippen molar-refractivity contribution in [3.8, 4) is 0 Å². The van der Waals surface area contributed by atoms with E-state index in [-0.39, 0.29) is 9.57 Å². The molecule has 0 heterocycles. The SMILES string of the molecule is N=C(N)CC(Br)Br. The molecule has 0 unspecified atom stereocenters. The summed E-state index contributed by atoms with van der Waals surface area (Å²) >= 11 is 6.34. The molecule has 0 bridgehead atoms. The summed E-state index contributed by atoms with van der Waals surface area (Å²) in [6.07, 6.45) is 0.556. The third-order valence-corrected chi connectivity index (χ3v) is 1.02. The number of rotatable bonds is 2. The van der Waals surface area contributed by atoms with Crippen LogP contribution >= 0.6 is 31.9 Å². The number of nitrogens with two attached hydrogens (primary N) is 1. The minimum Gasteiger partial charge on any atom is -0.388 e. The largest absolute Gasteiger partial charge is 0.388 e. The second-order valence-electron chi connectivity index (χ2n) is 1.12. The van der Waals surface area contributed by atoms with Crippen LogP contribution in [0.25, 0.3) is 0 Å². The third-order valence-electron chi connectivity index (χ3n) is 0.374. The van der Waals surface area contributed by atoms with Crippen LogP contribution in [-0.2, 0) is 0 Å². The zero-order valence-corrected chi connectivity index (χ0v) is 6.79. The fourth-order valence-electron chi connectivity index (χ4n) is 0.166. The summed E-state index contributed by atoms with van der Waals surface area (Å²) in [4.78, 5) is 0. The van der Waals surface area contributed by atoms with Gasteiger partial charge in [-0.05, 0) is 0 Å². The molecule has 0 amide bonds. The maximum atomic E-state index is 6.74. The Hall–Kier alpha value is 0.430. The first-order chi connectivity index (χ1) is 3.13. The van der Waals surface area contributed by atoms with Crippen molar-refractivity contribution >= 4 is 37.7 Å². The van der Waals surface area contributed by atoms with Crippen LogP contribution in [0.5, 0.6) is 0 Å². The first-order valence-corrected chi connectivity index (χ1v) is 3.57. The maximum absolute atomic E-state index is 6.74. The zero-order valence-electron chi connectivity index (χ0n) is 3.62. The lowest BCUT2D eigenvalue weighted by atomic mass is 10.5. The predicted molar refractivity (Wildman–Crippen MR) is 38.2 cm³/mol. The van der Waals surface area contributed by atoms with Crippen LogP contribution in [0.2, 0.25) is 0 Å². The van der Waals surface area contributed by atoms with Crippen LogP contribution in [0, 0.1) is 5.41 Å². The summed E-state index contributed by atoms with van der Waals surface area (Å²) in [6.45, 7) is 0. The van der Waals surface area contributed by atoms with Crippen molar-refractivity contribution in [3.63, 3.8) is 0 Å². The first kappa shape index (κ1) is 7.43. The van der Waals surface area contributed by atoms with E-state index >= 15 is 0 Å². The second-order valence-corrected chi connectivity index (χ2v) is 4.56. The van der Waals surface area contributed by atoms with Crippen LogP contribution in [0.1, 0.15) is 6.42 Å². The van der Waals surface area contributed by atoms with Gasteiger partial charge in [-0.1, -0.05) is 31.9 Å². The lowest BCUT2D eigenvalue weighted by Crippen LogP contribution is -2.11. The Morgan fingerprint density at radius 1 is 1.71 bits per heavy atom. The van der Waals surface area contributed by atoms with Gasteiger partial charge in [-0.15, -0.1) is 0 Å². The number of amidine groups is 1. The molecule has 0 rings (SSSR count). The van der Waals surface area contributed by atoms with E-state index in [0.717, 1.165) is 0 Å². The predicted octanol–water partition coefficient (Wildman–Crippen LogP) is 1.43. The van der Waals surface area contributed by atoms with Gasteiger partial charge >= 0.3 is 0 Å². The van der Waals surface area contributed by atoms with Crippen molar-refractivity contribution in [2.24, 2.45) is 5.73 Å². The van der Waals surface area contributed by atoms with E-state index in [1.807, 2.05) is 0 Å². The molecule has 0 saturated heterocycles. The molecule has 0 aromatic rings. The molecule has 7 heavy (non-hydrogen) atoms. The maximum Gasteiger partial charge on any atom is 0.0925 e. The summed E-state index contributed by atoms with van der Waals surface area (Å²) in [6, 6.07) is 0. The molecule has 0 aliphatic heterocycles. The molecular formula is C3H6Br2N2. The van der Waals surface area contributed by atoms with Gasteiger partial charge in [0.15, 0.2) is 0 Å². The standard InChI is InChI=1S/C3H6Br2N2/c4-2(5)1-3(6)7/h2H,1H2,(H3,6,7). The van der Waals surface area contributed by atoms with Gasteiger partial charge in [0.25, 0.3) is 0 Å². The van der Waals surface area contributed by atoms with E-state index in [1.165, 1.54) is 0 Å². The molecule has 4 heteroatoms. The highest BCUT2D eigenvalue weighted by Crippen LogP contribution is 2.10. The fourth-order valence-corrected chi connectivity index (χ4v) is 0.864. The van der Waals surface area contributed by atoms with Gasteiger partial charge in [0.1, 0.15) is 0 Å². The lowest BCUT2D eigenvalue weighted by Gasteiger charge is -1.94. The van der Waals surface area contributed by atoms with Crippen molar-refractivity contribution in [3.05, 3.63) is 0 Å². The zero-order chi connectivity index (χ0) is 5.86. The summed E-state index contributed by atoms with van der Waals surface area (Å²) in [7, 11) is 0. The van der Waals surface area contributed by atoms with E-state index in [0.29, 0.717) is 6.42 Å². The average molecular weight is 230 g/mol. The second kappa shape index (κ2) is 3.43. The topological polar surface area (TPSA) is 49.9 Å². The summed E-state index contributed by atoms with van der Waals surface area (Å²) in [5, 5.41) is 6.74. The number of alkyl halides is 2. The highest BCUT2D eigenvalue weighted by atomic mass is 79.9. The number of hydrogen-bond acceptors (Lipinski definition) is 1. The Kier molecular flexibility index (Phi) is 3.65.